The highest BCUT2D eigenvalue weighted by atomic mass is 32.2. The van der Waals surface area contributed by atoms with Crippen molar-refractivity contribution in [3.8, 4) is 23.0 Å². The Kier molecular flexibility index (Phi) is 17.5. The molecule has 3 aromatic heterocycles. The fraction of sp³-hybridized carbons (Fsp3) is 0.356. The van der Waals surface area contributed by atoms with Crippen LogP contribution < -0.4 is 39.4 Å². The van der Waals surface area contributed by atoms with Gasteiger partial charge in [0, 0.05) is 54.8 Å². The molecule has 0 radical (unpaired) electrons. The van der Waals surface area contributed by atoms with Gasteiger partial charge in [0.05, 0.1) is 62.2 Å². The molecule has 0 aliphatic heterocycles. The number of rotatable bonds is 24. The van der Waals surface area contributed by atoms with Crippen molar-refractivity contribution in [3.05, 3.63) is 48.5 Å². The van der Waals surface area contributed by atoms with E-state index in [2.05, 4.69) is 56.6 Å². The van der Waals surface area contributed by atoms with E-state index in [0.29, 0.717) is 86.4 Å². The van der Waals surface area contributed by atoms with Crippen LogP contribution in [0.4, 0.5) is 56.0 Å². The predicted octanol–water partition coefficient (Wildman–Crippen LogP) is 11.5. The van der Waals surface area contributed by atoms with Gasteiger partial charge in [0.1, 0.15) is 44.2 Å². The zero-order valence-corrected chi connectivity index (χ0v) is 45.3. The van der Waals surface area contributed by atoms with Crippen LogP contribution in [0.2, 0.25) is 0 Å². The minimum atomic E-state index is -4.61. The van der Waals surface area contributed by atoms with Gasteiger partial charge in [-0.1, -0.05) is 25.1 Å². The topological polar surface area (TPSA) is 290 Å². The third-order valence-corrected chi connectivity index (χ3v) is 15.4. The molecule has 3 heterocycles. The first-order valence-corrected chi connectivity index (χ1v) is 28.0. The third-order valence-electron chi connectivity index (χ3n) is 11.2. The molecular formula is C45H53N13O10S5. The lowest BCUT2D eigenvalue weighted by Crippen LogP contribution is -2.22. The maximum absolute atomic E-state index is 12.1. The molecule has 0 fully saturated rings. The number of aromatic nitrogens is 5. The molecule has 28 heteroatoms. The monoisotopic (exact) mass is 1100 g/mol. The van der Waals surface area contributed by atoms with Gasteiger partial charge in [-0.2, -0.15) is 40.5 Å². The average Bonchev–Trinajstić information content (AvgIpc) is 3.97. The van der Waals surface area contributed by atoms with E-state index in [9.17, 15) is 25.9 Å². The number of anilines is 6. The third kappa shape index (κ3) is 12.3. The van der Waals surface area contributed by atoms with Gasteiger partial charge in [0.25, 0.3) is 20.2 Å². The van der Waals surface area contributed by atoms with Crippen molar-refractivity contribution in [2.45, 2.75) is 62.4 Å². The smallest absolute Gasteiger partial charge is 0.298 e. The lowest BCUT2D eigenvalue weighted by molar-refractivity contribution is 0.398. The standard InChI is InChI=1S/C45H53N13O10S5/c1-10-15-16-69-45-49-43(46-29-19-33(57(11-2)12-3)35(65-6)21-31(29)51-53-41-25-17-37(67-8)39(72(59,60)61)23-27(25)55-70-41)48-44(50-45)47-30-20-34(58(13-4)14-5)36(66-7)22-32(30)52-54-42-26-18-38(68-9)40(73(62,63)64)24-28(26)56-71-42/h17-24H,10-16H2,1-9H3,(H,59,60,61)(H,62,63,64)(H2,46,47,48,49,50)/b53-51+,54-52+. The van der Waals surface area contributed by atoms with Gasteiger partial charge < -0.3 is 39.4 Å². The molecule has 0 unspecified atom stereocenters. The molecule has 0 saturated heterocycles. The summed E-state index contributed by atoms with van der Waals surface area (Å²) in [5, 5.41) is 27.2. The largest absolute Gasteiger partial charge is 0.495 e. The number of fused-ring (bicyclic) bond motifs is 2. The molecule has 388 valence electrons. The molecule has 0 aliphatic carbocycles. The highest BCUT2D eigenvalue weighted by molar-refractivity contribution is 7.99. The maximum atomic E-state index is 12.1. The molecule has 0 saturated carbocycles. The van der Waals surface area contributed by atoms with Crippen molar-refractivity contribution in [1.29, 1.82) is 0 Å². The van der Waals surface area contributed by atoms with Gasteiger partial charge in [0.15, 0.2) is 15.2 Å². The van der Waals surface area contributed by atoms with E-state index >= 15 is 0 Å². The average molecular weight is 1100 g/mol. The number of thioether (sulfide) groups is 1. The molecule has 73 heavy (non-hydrogen) atoms. The fourth-order valence-electron chi connectivity index (χ4n) is 7.45. The first kappa shape index (κ1) is 54.2. The lowest BCUT2D eigenvalue weighted by atomic mass is 10.2. The molecule has 0 amide bonds. The highest BCUT2D eigenvalue weighted by Crippen LogP contribution is 2.45. The minimum absolute atomic E-state index is 0.0890. The van der Waals surface area contributed by atoms with E-state index in [1.165, 1.54) is 50.2 Å². The SMILES string of the molecule is CCCCSc1nc(Nc2cc(N(CC)CC)c(OC)cc2/N=N/c2snc3cc(S(=O)(=O)O)c(OC)cc23)nc(Nc2cc(N(CC)CC)c(OC)cc2/N=N/c2snc3cc(S(=O)(=O)O)c(OC)cc23)n1. The first-order chi connectivity index (χ1) is 35.0. The summed E-state index contributed by atoms with van der Waals surface area (Å²) in [6.07, 6.45) is 1.85. The zero-order valence-electron chi connectivity index (χ0n) is 41.2. The molecule has 4 N–H and O–H groups in total. The van der Waals surface area contributed by atoms with Crippen LogP contribution in [-0.2, 0) is 20.2 Å². The van der Waals surface area contributed by atoms with Crippen molar-refractivity contribution in [2.24, 2.45) is 20.5 Å². The second-order valence-corrected chi connectivity index (χ2v) is 20.9. The molecule has 4 aromatic carbocycles. The molecule has 7 rings (SSSR count). The van der Waals surface area contributed by atoms with Gasteiger partial charge in [-0.25, -0.2) is 0 Å². The van der Waals surface area contributed by atoms with Crippen molar-refractivity contribution >= 4 is 133 Å². The number of methoxy groups -OCH3 is 4. The molecular weight excluding hydrogens is 1040 g/mol. The van der Waals surface area contributed by atoms with Gasteiger partial charge in [0.2, 0.25) is 11.9 Å². The molecule has 7 aromatic rings. The van der Waals surface area contributed by atoms with Gasteiger partial charge in [-0.05, 0) is 93.6 Å². The summed E-state index contributed by atoms with van der Waals surface area (Å²) >= 11 is 3.41. The van der Waals surface area contributed by atoms with E-state index in [4.69, 9.17) is 33.9 Å². The van der Waals surface area contributed by atoms with E-state index in [1.54, 1.807) is 26.4 Å². The Bertz CT molecular complexity index is 3200. The summed E-state index contributed by atoms with van der Waals surface area (Å²) < 4.78 is 99.2. The normalized spacial score (nSPS) is 12.0. The predicted molar refractivity (Wildman–Crippen MR) is 285 cm³/mol. The summed E-state index contributed by atoms with van der Waals surface area (Å²) in [6, 6.07) is 12.5. The number of nitrogens with one attached hydrogen (secondary N) is 2. The Balaban J connectivity index is 1.34. The molecule has 0 bridgehead atoms. The van der Waals surface area contributed by atoms with Crippen LogP contribution >= 0.6 is 34.8 Å². The Morgan fingerprint density at radius 1 is 0.575 bits per heavy atom. The van der Waals surface area contributed by atoms with Gasteiger partial charge in [-0.15, -0.1) is 20.5 Å². The van der Waals surface area contributed by atoms with Crippen molar-refractivity contribution in [2.75, 3.05) is 80.8 Å². The van der Waals surface area contributed by atoms with Crippen LogP contribution in [-0.4, -0.2) is 110 Å². The number of benzene rings is 4. The summed E-state index contributed by atoms with van der Waals surface area (Å²) in [7, 11) is -3.52. The maximum Gasteiger partial charge on any atom is 0.298 e. The van der Waals surface area contributed by atoms with Gasteiger partial charge in [-0.3, -0.25) is 9.11 Å². The molecule has 0 aliphatic rings. The number of nitrogens with zero attached hydrogens (tertiary/aromatic N) is 11. The lowest BCUT2D eigenvalue weighted by Gasteiger charge is -2.25. The number of azo groups is 2. The van der Waals surface area contributed by atoms with Crippen molar-refractivity contribution in [3.63, 3.8) is 0 Å². The summed E-state index contributed by atoms with van der Waals surface area (Å²) in [6.45, 7) is 12.8. The molecule has 23 nitrogen and oxygen atoms in total. The second-order valence-electron chi connectivity index (χ2n) is 15.5. The van der Waals surface area contributed by atoms with E-state index in [1.807, 2.05) is 39.8 Å². The molecule has 0 atom stereocenters. The Morgan fingerprint density at radius 3 is 1.34 bits per heavy atom. The Labute approximate surface area is 434 Å². The van der Waals surface area contributed by atoms with Gasteiger partial charge >= 0.3 is 0 Å². The number of hydrogen-bond donors (Lipinski definition) is 4. The van der Waals surface area contributed by atoms with Crippen LogP contribution in [0.25, 0.3) is 21.8 Å². The fourth-order valence-corrected chi connectivity index (χ4v) is 11.0. The zero-order chi connectivity index (χ0) is 52.6. The van der Waals surface area contributed by atoms with Crippen molar-refractivity contribution < 1.29 is 44.9 Å². The van der Waals surface area contributed by atoms with Crippen molar-refractivity contribution in [1.82, 2.24) is 23.7 Å². The van der Waals surface area contributed by atoms with Crippen LogP contribution in [0.3, 0.4) is 0 Å². The van der Waals surface area contributed by atoms with Crippen LogP contribution in [0.1, 0.15) is 47.5 Å². The van der Waals surface area contributed by atoms with Crippen LogP contribution in [0.15, 0.2) is 83.9 Å². The van der Waals surface area contributed by atoms with E-state index in [-0.39, 0.29) is 34.4 Å². The van der Waals surface area contributed by atoms with E-state index < -0.39 is 30.0 Å². The number of hydrogen-bond acceptors (Lipinski definition) is 24. The summed E-state index contributed by atoms with van der Waals surface area (Å²) in [5.41, 5.74) is 3.60. The highest BCUT2D eigenvalue weighted by Gasteiger charge is 2.24. The number of ether oxygens (including phenoxy) is 4. The second kappa shape index (κ2) is 23.5. The Morgan fingerprint density at radius 2 is 0.986 bits per heavy atom. The van der Waals surface area contributed by atoms with E-state index in [0.717, 1.165) is 53.0 Å². The minimum Gasteiger partial charge on any atom is -0.495 e. The number of unbranched alkanes of at least 4 members (excludes halogenated alkanes) is 1. The quantitative estimate of drug-likeness (QED) is 0.0189. The first-order valence-electron chi connectivity index (χ1n) is 22.6. The molecule has 0 spiro atoms. The Hall–Kier alpha value is -6.56. The van der Waals surface area contributed by atoms with Crippen LogP contribution in [0.5, 0.6) is 23.0 Å². The van der Waals surface area contributed by atoms with Crippen LogP contribution in [0, 0.1) is 0 Å². The summed E-state index contributed by atoms with van der Waals surface area (Å²) in [5.74, 6) is 1.89. The summed E-state index contributed by atoms with van der Waals surface area (Å²) in [4.78, 5) is 17.9.